The summed E-state index contributed by atoms with van der Waals surface area (Å²) in [6.07, 6.45) is -0.665. The number of hydrogen-bond acceptors (Lipinski definition) is 4. The molecule has 1 unspecified atom stereocenters. The van der Waals surface area contributed by atoms with E-state index in [-0.39, 0.29) is 23.7 Å². The molecule has 3 aromatic rings. The topological polar surface area (TPSA) is 98.2 Å². The number of aromatic carboxylic acids is 1. The van der Waals surface area contributed by atoms with Crippen LogP contribution in [-0.2, 0) is 0 Å². The molecule has 2 N–H and O–H groups in total. The summed E-state index contributed by atoms with van der Waals surface area (Å²) >= 11 is 7.04. The summed E-state index contributed by atoms with van der Waals surface area (Å²) in [5.41, 5.74) is 1.44. The summed E-state index contributed by atoms with van der Waals surface area (Å²) in [5.74, 6) is -1.55. The van der Waals surface area contributed by atoms with Gasteiger partial charge in [-0.2, -0.15) is 0 Å². The van der Waals surface area contributed by atoms with Crippen LogP contribution in [0.3, 0.4) is 0 Å². The van der Waals surface area contributed by atoms with Crippen LogP contribution in [0.15, 0.2) is 60.7 Å². The fraction of sp³-hybridized carbons (Fsp3) is 0.174. The largest absolute Gasteiger partial charge is 0.477 e. The fourth-order valence-electron chi connectivity index (χ4n) is 3.79. The number of likely N-dealkylation sites (tertiary alicyclic amines) is 1. The summed E-state index contributed by atoms with van der Waals surface area (Å²) in [5, 5.41) is 19.7. The zero-order chi connectivity index (χ0) is 22.8. The highest BCUT2D eigenvalue weighted by molar-refractivity contribution is 7.18. The average molecular weight is 471 g/mol. The SMILES string of the molecule is O=C(O)c1sc(-c2ccccc2)cc1N(C(=O)c1ccc(Cl)cc1)C1CCN(C(=O)O)C1. The Morgan fingerprint density at radius 2 is 1.72 bits per heavy atom. The molecule has 32 heavy (non-hydrogen) atoms. The van der Waals surface area contributed by atoms with Crippen LogP contribution >= 0.6 is 22.9 Å². The zero-order valence-corrected chi connectivity index (χ0v) is 18.3. The van der Waals surface area contributed by atoms with Gasteiger partial charge in [0.05, 0.1) is 11.7 Å². The molecule has 1 fully saturated rings. The number of halogens is 1. The van der Waals surface area contributed by atoms with E-state index < -0.39 is 24.0 Å². The molecule has 1 aliphatic heterocycles. The molecule has 0 aliphatic carbocycles. The van der Waals surface area contributed by atoms with Crippen LogP contribution in [-0.4, -0.2) is 52.2 Å². The molecule has 1 aliphatic rings. The smallest absolute Gasteiger partial charge is 0.407 e. The zero-order valence-electron chi connectivity index (χ0n) is 16.8. The number of carbonyl (C=O) groups is 3. The maximum Gasteiger partial charge on any atom is 0.407 e. The van der Waals surface area contributed by atoms with Crippen molar-refractivity contribution in [2.75, 3.05) is 18.0 Å². The van der Waals surface area contributed by atoms with Crippen LogP contribution < -0.4 is 4.90 Å². The number of amides is 2. The van der Waals surface area contributed by atoms with Gasteiger partial charge in [0.2, 0.25) is 0 Å². The minimum absolute atomic E-state index is 0.0277. The molecule has 4 rings (SSSR count). The van der Waals surface area contributed by atoms with E-state index in [4.69, 9.17) is 11.6 Å². The Morgan fingerprint density at radius 1 is 1.03 bits per heavy atom. The second-order valence-corrected chi connectivity index (χ2v) is 8.84. The Bertz CT molecular complexity index is 1160. The molecule has 164 valence electrons. The van der Waals surface area contributed by atoms with E-state index in [1.807, 2.05) is 30.3 Å². The van der Waals surface area contributed by atoms with Gasteiger partial charge in [0.1, 0.15) is 4.88 Å². The van der Waals surface area contributed by atoms with Gasteiger partial charge in [-0.25, -0.2) is 9.59 Å². The normalized spacial score (nSPS) is 15.5. The average Bonchev–Trinajstić information content (AvgIpc) is 3.43. The molecule has 0 bridgehead atoms. The molecule has 2 heterocycles. The van der Waals surface area contributed by atoms with Crippen molar-refractivity contribution < 1.29 is 24.6 Å². The number of carbonyl (C=O) groups excluding carboxylic acids is 1. The predicted molar refractivity (Wildman–Crippen MR) is 123 cm³/mol. The molecule has 1 aromatic heterocycles. The molecule has 9 heteroatoms. The molecule has 0 spiro atoms. The third-order valence-electron chi connectivity index (χ3n) is 5.33. The summed E-state index contributed by atoms with van der Waals surface area (Å²) < 4.78 is 0. The van der Waals surface area contributed by atoms with Crippen molar-refractivity contribution in [1.29, 1.82) is 0 Å². The number of anilines is 1. The van der Waals surface area contributed by atoms with E-state index in [2.05, 4.69) is 0 Å². The third kappa shape index (κ3) is 4.32. The molecule has 0 radical (unpaired) electrons. The van der Waals surface area contributed by atoms with E-state index in [9.17, 15) is 24.6 Å². The lowest BCUT2D eigenvalue weighted by Gasteiger charge is -2.29. The minimum atomic E-state index is -1.14. The van der Waals surface area contributed by atoms with Gasteiger partial charge in [-0.15, -0.1) is 11.3 Å². The summed E-state index contributed by atoms with van der Waals surface area (Å²) in [4.78, 5) is 40.5. The Kier molecular flexibility index (Phi) is 6.16. The second-order valence-electron chi connectivity index (χ2n) is 7.35. The van der Waals surface area contributed by atoms with Crippen LogP contribution in [0.5, 0.6) is 0 Å². The van der Waals surface area contributed by atoms with Crippen LogP contribution in [0.4, 0.5) is 10.5 Å². The van der Waals surface area contributed by atoms with Gasteiger partial charge >= 0.3 is 12.1 Å². The molecule has 2 amide bonds. The van der Waals surface area contributed by atoms with Gasteiger partial charge in [-0.1, -0.05) is 41.9 Å². The molecule has 7 nitrogen and oxygen atoms in total. The van der Waals surface area contributed by atoms with E-state index in [1.54, 1.807) is 30.3 Å². The minimum Gasteiger partial charge on any atom is -0.477 e. The number of hydrogen-bond donors (Lipinski definition) is 2. The lowest BCUT2D eigenvalue weighted by molar-refractivity contribution is 0.0702. The second kappa shape index (κ2) is 9.02. The van der Waals surface area contributed by atoms with Gasteiger partial charge in [-0.05, 0) is 42.3 Å². The van der Waals surface area contributed by atoms with Gasteiger partial charge in [-0.3, -0.25) is 4.79 Å². The molecule has 0 saturated carbocycles. The molecular formula is C23H19ClN2O5S. The van der Waals surface area contributed by atoms with Gasteiger partial charge in [0.15, 0.2) is 0 Å². The van der Waals surface area contributed by atoms with Gasteiger partial charge in [0.25, 0.3) is 5.91 Å². The number of carboxylic acid groups (broad SMARTS) is 2. The molecule has 1 atom stereocenters. The van der Waals surface area contributed by atoms with Crippen LogP contribution in [0.1, 0.15) is 26.5 Å². The maximum absolute atomic E-state index is 13.6. The molecule has 1 saturated heterocycles. The highest BCUT2D eigenvalue weighted by Gasteiger charge is 2.37. The van der Waals surface area contributed by atoms with Crippen molar-refractivity contribution in [2.24, 2.45) is 0 Å². The highest BCUT2D eigenvalue weighted by Crippen LogP contribution is 2.39. The third-order valence-corrected chi connectivity index (χ3v) is 6.75. The number of benzene rings is 2. The first-order valence-corrected chi connectivity index (χ1v) is 11.0. The lowest BCUT2D eigenvalue weighted by atomic mass is 10.1. The summed E-state index contributed by atoms with van der Waals surface area (Å²) in [6, 6.07) is 16.8. The van der Waals surface area contributed by atoms with E-state index in [1.165, 1.54) is 9.80 Å². The van der Waals surface area contributed by atoms with E-state index in [0.29, 0.717) is 21.9 Å². The Balaban J connectivity index is 1.81. The first-order valence-electron chi connectivity index (χ1n) is 9.84. The number of carboxylic acids is 1. The molecule has 2 aromatic carbocycles. The quantitative estimate of drug-likeness (QED) is 0.536. The van der Waals surface area contributed by atoms with Crippen molar-refractivity contribution in [3.8, 4) is 10.4 Å². The first kappa shape index (κ1) is 21.9. The van der Waals surface area contributed by atoms with Crippen molar-refractivity contribution >= 4 is 46.6 Å². The summed E-state index contributed by atoms with van der Waals surface area (Å²) in [6.45, 7) is 0.368. The van der Waals surface area contributed by atoms with Crippen molar-refractivity contribution in [3.05, 3.63) is 76.1 Å². The van der Waals surface area contributed by atoms with Crippen molar-refractivity contribution in [1.82, 2.24) is 4.90 Å². The van der Waals surface area contributed by atoms with Crippen molar-refractivity contribution in [2.45, 2.75) is 12.5 Å². The van der Waals surface area contributed by atoms with Gasteiger partial charge < -0.3 is 20.0 Å². The first-order chi connectivity index (χ1) is 15.3. The Hall–Kier alpha value is -3.36. The Morgan fingerprint density at radius 3 is 2.31 bits per heavy atom. The lowest BCUT2D eigenvalue weighted by Crippen LogP contribution is -2.43. The monoisotopic (exact) mass is 470 g/mol. The van der Waals surface area contributed by atoms with Gasteiger partial charge in [0, 0.05) is 28.6 Å². The number of thiophene rings is 1. The van der Waals surface area contributed by atoms with Crippen LogP contribution in [0.25, 0.3) is 10.4 Å². The fourth-order valence-corrected chi connectivity index (χ4v) is 4.91. The van der Waals surface area contributed by atoms with Crippen LogP contribution in [0, 0.1) is 0 Å². The van der Waals surface area contributed by atoms with Crippen molar-refractivity contribution in [3.63, 3.8) is 0 Å². The van der Waals surface area contributed by atoms with E-state index in [0.717, 1.165) is 16.9 Å². The van der Waals surface area contributed by atoms with Crippen LogP contribution in [0.2, 0.25) is 5.02 Å². The Labute approximate surface area is 193 Å². The van der Waals surface area contributed by atoms with E-state index >= 15 is 0 Å². The highest BCUT2D eigenvalue weighted by atomic mass is 35.5. The molecular weight excluding hydrogens is 452 g/mol. The maximum atomic E-state index is 13.6. The number of nitrogens with zero attached hydrogens (tertiary/aromatic N) is 2. The summed E-state index contributed by atoms with van der Waals surface area (Å²) in [7, 11) is 0. The standard InChI is InChI=1S/C23H19ClN2O5S/c24-16-8-6-15(7-9-16)21(27)26(17-10-11-25(13-17)23(30)31)18-12-19(32-20(18)22(28)29)14-4-2-1-3-5-14/h1-9,12,17H,10-11,13H2,(H,28,29)(H,30,31). The number of rotatable bonds is 5. The predicted octanol–water partition coefficient (Wildman–Crippen LogP) is 5.17.